The molecule has 9 rings (SSSR count). The molecule has 0 aliphatic rings. The van der Waals surface area contributed by atoms with Crippen molar-refractivity contribution in [1.82, 2.24) is 0 Å². The number of rotatable bonds is 6. The number of hydrogen-bond donors (Lipinski definition) is 0. The molecule has 0 fully saturated rings. The first-order valence-corrected chi connectivity index (χ1v) is 16.3. The Morgan fingerprint density at radius 2 is 0.896 bits per heavy atom. The summed E-state index contributed by atoms with van der Waals surface area (Å²) in [5.41, 5.74) is 12.1. The first-order valence-electron chi connectivity index (χ1n) is 16.3. The van der Waals surface area contributed by atoms with Crippen LogP contribution in [0.2, 0.25) is 0 Å². The summed E-state index contributed by atoms with van der Waals surface area (Å²) in [6, 6.07) is 66.8. The highest BCUT2D eigenvalue weighted by atomic mass is 16.3. The Kier molecular flexibility index (Phi) is 6.84. The van der Waals surface area contributed by atoms with Gasteiger partial charge in [0.15, 0.2) is 0 Å². The molecule has 0 unspecified atom stereocenters. The van der Waals surface area contributed by atoms with Crippen LogP contribution in [0.5, 0.6) is 0 Å². The van der Waals surface area contributed by atoms with Gasteiger partial charge in [0.1, 0.15) is 11.2 Å². The number of hydrogen-bond acceptors (Lipinski definition) is 2. The standard InChI is InChI=1S/C46H31NO/c1-3-11-32(12-4-1)34-19-25-38(26-20-34)47(39-27-21-35(22-28-39)33-13-5-2-6-14-33)43-18-10-9-16-40(43)37-23-29-42-45(31-37)48-44-30-24-36-15-7-8-17-41(36)46(42)44/h1-31H. The van der Waals surface area contributed by atoms with Crippen molar-refractivity contribution in [1.29, 1.82) is 0 Å². The van der Waals surface area contributed by atoms with Crippen molar-refractivity contribution in [2.75, 3.05) is 4.90 Å². The van der Waals surface area contributed by atoms with Crippen LogP contribution in [-0.2, 0) is 0 Å². The lowest BCUT2D eigenvalue weighted by atomic mass is 9.98. The van der Waals surface area contributed by atoms with Crippen molar-refractivity contribution in [2.24, 2.45) is 0 Å². The Bertz CT molecular complexity index is 2450. The third-order valence-corrected chi connectivity index (χ3v) is 9.28. The molecule has 9 aromatic rings. The molecule has 0 radical (unpaired) electrons. The van der Waals surface area contributed by atoms with E-state index in [1.165, 1.54) is 38.4 Å². The first kappa shape index (κ1) is 27.9. The van der Waals surface area contributed by atoms with Crippen molar-refractivity contribution < 1.29 is 4.42 Å². The topological polar surface area (TPSA) is 16.4 Å². The monoisotopic (exact) mass is 613 g/mol. The zero-order valence-corrected chi connectivity index (χ0v) is 26.3. The van der Waals surface area contributed by atoms with Crippen LogP contribution in [0.4, 0.5) is 17.1 Å². The summed E-state index contributed by atoms with van der Waals surface area (Å²) < 4.78 is 6.49. The van der Waals surface area contributed by atoms with Crippen molar-refractivity contribution in [3.05, 3.63) is 188 Å². The van der Waals surface area contributed by atoms with Gasteiger partial charge in [-0.15, -0.1) is 0 Å². The molecular weight excluding hydrogens is 583 g/mol. The summed E-state index contributed by atoms with van der Waals surface area (Å²) in [5, 5.41) is 4.73. The van der Waals surface area contributed by atoms with Crippen molar-refractivity contribution in [3.8, 4) is 33.4 Å². The number of fused-ring (bicyclic) bond motifs is 5. The van der Waals surface area contributed by atoms with Crippen LogP contribution in [0.25, 0.3) is 66.1 Å². The molecule has 8 aromatic carbocycles. The fourth-order valence-electron chi connectivity index (χ4n) is 6.92. The molecule has 1 heterocycles. The van der Waals surface area contributed by atoms with Crippen molar-refractivity contribution in [3.63, 3.8) is 0 Å². The number of benzene rings is 8. The molecule has 0 N–H and O–H groups in total. The average molecular weight is 614 g/mol. The number of anilines is 3. The molecule has 0 spiro atoms. The lowest BCUT2D eigenvalue weighted by Gasteiger charge is -2.28. The number of nitrogens with zero attached hydrogens (tertiary/aromatic N) is 1. The summed E-state index contributed by atoms with van der Waals surface area (Å²) in [7, 11) is 0. The molecule has 2 nitrogen and oxygen atoms in total. The zero-order chi connectivity index (χ0) is 31.9. The Hall–Kier alpha value is -6.38. The highest BCUT2D eigenvalue weighted by molar-refractivity contribution is 6.19. The van der Waals surface area contributed by atoms with E-state index in [0.29, 0.717) is 0 Å². The Morgan fingerprint density at radius 1 is 0.354 bits per heavy atom. The maximum absolute atomic E-state index is 6.49. The van der Waals surface area contributed by atoms with E-state index in [9.17, 15) is 0 Å². The summed E-state index contributed by atoms with van der Waals surface area (Å²) in [6.07, 6.45) is 0. The lowest BCUT2D eigenvalue weighted by Crippen LogP contribution is -2.11. The Balaban J connectivity index is 1.19. The van der Waals surface area contributed by atoms with Gasteiger partial charge in [0.25, 0.3) is 0 Å². The SMILES string of the molecule is c1ccc(-c2ccc(N(c3ccc(-c4ccccc4)cc3)c3ccccc3-c3ccc4c(c3)oc3ccc5ccccc5c34)cc2)cc1. The molecule has 0 saturated heterocycles. The van der Waals surface area contributed by atoms with Gasteiger partial charge < -0.3 is 9.32 Å². The summed E-state index contributed by atoms with van der Waals surface area (Å²) >= 11 is 0. The van der Waals surface area contributed by atoms with Gasteiger partial charge in [-0.1, -0.05) is 140 Å². The maximum Gasteiger partial charge on any atom is 0.136 e. The van der Waals surface area contributed by atoms with E-state index in [0.717, 1.165) is 44.7 Å². The van der Waals surface area contributed by atoms with Gasteiger partial charge in [0.2, 0.25) is 0 Å². The molecule has 226 valence electrons. The third-order valence-electron chi connectivity index (χ3n) is 9.28. The smallest absolute Gasteiger partial charge is 0.136 e. The van der Waals surface area contributed by atoms with Gasteiger partial charge in [-0.3, -0.25) is 0 Å². The Labute approximate surface area is 279 Å². The minimum atomic E-state index is 0.889. The normalized spacial score (nSPS) is 11.3. The molecule has 48 heavy (non-hydrogen) atoms. The van der Waals surface area contributed by atoms with Crippen LogP contribution >= 0.6 is 0 Å². The lowest BCUT2D eigenvalue weighted by molar-refractivity contribution is 0.669. The second-order valence-corrected chi connectivity index (χ2v) is 12.2. The third kappa shape index (κ3) is 4.92. The van der Waals surface area contributed by atoms with Crippen LogP contribution in [0.1, 0.15) is 0 Å². The van der Waals surface area contributed by atoms with Gasteiger partial charge in [-0.2, -0.15) is 0 Å². The van der Waals surface area contributed by atoms with Crippen LogP contribution < -0.4 is 4.90 Å². The average Bonchev–Trinajstić information content (AvgIpc) is 3.55. The molecule has 1 aromatic heterocycles. The molecule has 0 atom stereocenters. The van der Waals surface area contributed by atoms with Gasteiger partial charge in [-0.05, 0) is 87.1 Å². The van der Waals surface area contributed by atoms with E-state index in [4.69, 9.17) is 4.42 Å². The highest BCUT2D eigenvalue weighted by Gasteiger charge is 2.19. The maximum atomic E-state index is 6.49. The van der Waals surface area contributed by atoms with Crippen molar-refractivity contribution in [2.45, 2.75) is 0 Å². The van der Waals surface area contributed by atoms with E-state index in [-0.39, 0.29) is 0 Å². The first-order chi connectivity index (χ1) is 23.8. The number of para-hydroxylation sites is 1. The fraction of sp³-hybridized carbons (Fsp3) is 0. The molecule has 0 amide bonds. The second-order valence-electron chi connectivity index (χ2n) is 12.2. The van der Waals surface area contributed by atoms with E-state index in [2.05, 4.69) is 193 Å². The van der Waals surface area contributed by atoms with E-state index >= 15 is 0 Å². The van der Waals surface area contributed by atoms with Crippen molar-refractivity contribution >= 4 is 49.8 Å². The summed E-state index contributed by atoms with van der Waals surface area (Å²) in [6.45, 7) is 0. The largest absolute Gasteiger partial charge is 0.456 e. The van der Waals surface area contributed by atoms with Crippen LogP contribution in [0.3, 0.4) is 0 Å². The zero-order valence-electron chi connectivity index (χ0n) is 26.3. The Morgan fingerprint density at radius 3 is 1.56 bits per heavy atom. The van der Waals surface area contributed by atoms with E-state index < -0.39 is 0 Å². The molecule has 2 heteroatoms. The molecule has 0 bridgehead atoms. The number of furan rings is 1. The van der Waals surface area contributed by atoms with Crippen LogP contribution in [0.15, 0.2) is 192 Å². The van der Waals surface area contributed by atoms with Gasteiger partial charge in [-0.25, -0.2) is 0 Å². The summed E-state index contributed by atoms with van der Waals surface area (Å²) in [4.78, 5) is 2.36. The molecule has 0 aliphatic heterocycles. The molecular formula is C46H31NO. The van der Waals surface area contributed by atoms with Gasteiger partial charge in [0.05, 0.1) is 5.69 Å². The quantitative estimate of drug-likeness (QED) is 0.185. The van der Waals surface area contributed by atoms with Crippen LogP contribution in [-0.4, -0.2) is 0 Å². The van der Waals surface area contributed by atoms with E-state index in [1.807, 2.05) is 0 Å². The molecule has 0 saturated carbocycles. The molecule has 0 aliphatic carbocycles. The highest BCUT2D eigenvalue weighted by Crippen LogP contribution is 2.43. The van der Waals surface area contributed by atoms with Crippen LogP contribution in [0, 0.1) is 0 Å². The minimum absolute atomic E-state index is 0.889. The predicted molar refractivity (Wildman–Crippen MR) is 202 cm³/mol. The summed E-state index contributed by atoms with van der Waals surface area (Å²) in [5.74, 6) is 0. The predicted octanol–water partition coefficient (Wildman–Crippen LogP) is 13.2. The van der Waals surface area contributed by atoms with Gasteiger partial charge >= 0.3 is 0 Å². The van der Waals surface area contributed by atoms with E-state index in [1.54, 1.807) is 0 Å². The second kappa shape index (κ2) is 11.8. The van der Waals surface area contributed by atoms with Gasteiger partial charge in [0, 0.05) is 27.7 Å². The minimum Gasteiger partial charge on any atom is -0.456 e. The fourth-order valence-corrected chi connectivity index (χ4v) is 6.92.